The molecule has 0 bridgehead atoms. The van der Waals surface area contributed by atoms with Gasteiger partial charge in [0.1, 0.15) is 29.0 Å². The van der Waals surface area contributed by atoms with Gasteiger partial charge in [0, 0.05) is 23.8 Å². The second-order valence-electron chi connectivity index (χ2n) is 16.6. The number of nitrogens with one attached hydrogen (secondary N) is 3. The van der Waals surface area contributed by atoms with Gasteiger partial charge in [-0.15, -0.1) is 0 Å². The normalized spacial score (nSPS) is 22.9. The number of hydrogen-bond acceptors (Lipinski definition) is 9. The van der Waals surface area contributed by atoms with E-state index in [9.17, 15) is 24.0 Å². The summed E-state index contributed by atoms with van der Waals surface area (Å²) in [5.41, 5.74) is 5.72. The number of fused-ring (bicyclic) bond motifs is 2. The number of unbranched alkanes of at least 4 members (excludes halogenated alkanes) is 1. The van der Waals surface area contributed by atoms with Gasteiger partial charge in [-0.2, -0.15) is 0 Å². The van der Waals surface area contributed by atoms with E-state index in [0.717, 1.165) is 22.8 Å². The first kappa shape index (κ1) is 38.8. The number of carbonyl (C=O) groups excluding carboxylic acids is 5. The Morgan fingerprint density at radius 2 is 1.52 bits per heavy atom. The molecule has 3 amide bonds. The molecule has 3 aliphatic carbocycles. The topological polar surface area (TPSA) is 175 Å². The van der Waals surface area contributed by atoms with E-state index in [-0.39, 0.29) is 36.0 Å². The molecule has 282 valence electrons. The van der Waals surface area contributed by atoms with Gasteiger partial charge in [-0.3, -0.25) is 9.59 Å². The molecule has 5 rings (SSSR count). The van der Waals surface area contributed by atoms with Crippen molar-refractivity contribution in [2.45, 2.75) is 123 Å². The molecule has 12 heteroatoms. The number of hydrogen-bond donors (Lipinski definition) is 4. The van der Waals surface area contributed by atoms with Crippen LogP contribution >= 0.6 is 0 Å². The van der Waals surface area contributed by atoms with Crippen molar-refractivity contribution in [2.24, 2.45) is 22.5 Å². The van der Waals surface area contributed by atoms with Gasteiger partial charge in [-0.1, -0.05) is 49.4 Å². The summed E-state index contributed by atoms with van der Waals surface area (Å²) in [6.45, 7) is 12.7. The van der Waals surface area contributed by atoms with Crippen LogP contribution in [0.4, 0.5) is 4.79 Å². The number of esters is 3. The molecule has 52 heavy (non-hydrogen) atoms. The van der Waals surface area contributed by atoms with Crippen LogP contribution in [0.2, 0.25) is 0 Å². The molecule has 5 N–H and O–H groups in total. The number of carbonyl (C=O) groups is 5. The molecule has 2 aromatic rings. The number of ether oxygens (including phenoxy) is 3. The Kier molecular flexibility index (Phi) is 11.1. The molecule has 6 atom stereocenters. The van der Waals surface area contributed by atoms with Crippen LogP contribution in [0.5, 0.6) is 0 Å². The highest BCUT2D eigenvalue weighted by Crippen LogP contribution is 2.96. The number of rotatable bonds is 16. The number of allylic oxidation sites excluding steroid dienone is 2. The average Bonchev–Trinajstić information content (AvgIpc) is 3.90. The van der Waals surface area contributed by atoms with E-state index in [1.807, 2.05) is 48.5 Å². The van der Waals surface area contributed by atoms with Crippen LogP contribution < -0.4 is 21.7 Å². The lowest BCUT2D eigenvalue weighted by molar-refractivity contribution is -0.158. The summed E-state index contributed by atoms with van der Waals surface area (Å²) in [5.74, 6) is -0.961. The second kappa shape index (κ2) is 14.9. The highest BCUT2D eigenvalue weighted by molar-refractivity contribution is 5.88. The van der Waals surface area contributed by atoms with Gasteiger partial charge in [0.2, 0.25) is 5.91 Å². The van der Waals surface area contributed by atoms with Gasteiger partial charge in [0.25, 0.3) is 0 Å². The highest BCUT2D eigenvalue weighted by Gasteiger charge is 2.92. The largest absolute Gasteiger partial charge is 0.460 e. The molecule has 2 aromatic carbocycles. The fourth-order valence-electron chi connectivity index (χ4n) is 7.13. The van der Waals surface area contributed by atoms with Gasteiger partial charge < -0.3 is 35.9 Å². The molecule has 12 nitrogen and oxygen atoms in total. The van der Waals surface area contributed by atoms with Crippen molar-refractivity contribution in [1.29, 1.82) is 0 Å². The lowest BCUT2D eigenvalue weighted by atomic mass is 9.78. The monoisotopic (exact) mass is 718 g/mol. The average molecular weight is 719 g/mol. The van der Waals surface area contributed by atoms with Crippen LogP contribution in [0.25, 0.3) is 10.8 Å². The quantitative estimate of drug-likeness (QED) is 0.106. The Labute approximate surface area is 305 Å². The lowest BCUT2D eigenvalue weighted by Crippen LogP contribution is -2.52. The third-order valence-electron chi connectivity index (χ3n) is 10.2. The van der Waals surface area contributed by atoms with E-state index in [1.54, 1.807) is 41.5 Å². The molecule has 4 unspecified atom stereocenters. The smallest absolute Gasteiger partial charge is 0.333 e. The third-order valence-corrected chi connectivity index (χ3v) is 10.2. The first-order chi connectivity index (χ1) is 24.3. The first-order valence-corrected chi connectivity index (χ1v) is 18.3. The van der Waals surface area contributed by atoms with Crippen LogP contribution in [0.15, 0.2) is 54.3 Å². The summed E-state index contributed by atoms with van der Waals surface area (Å²) in [4.78, 5) is 65.0. The van der Waals surface area contributed by atoms with Gasteiger partial charge in [-0.05, 0) is 108 Å². The number of urea groups is 1. The zero-order chi connectivity index (χ0) is 38.1. The Morgan fingerprint density at radius 1 is 0.865 bits per heavy atom. The van der Waals surface area contributed by atoms with Crippen LogP contribution in [0.1, 0.15) is 92.6 Å². The van der Waals surface area contributed by atoms with E-state index in [0.29, 0.717) is 37.5 Å². The predicted octanol–water partition coefficient (Wildman–Crippen LogP) is 4.96. The summed E-state index contributed by atoms with van der Waals surface area (Å²) in [6.07, 6.45) is 4.52. The summed E-state index contributed by atoms with van der Waals surface area (Å²) >= 11 is 0. The maximum absolute atomic E-state index is 13.4. The van der Waals surface area contributed by atoms with E-state index < -0.39 is 53.3 Å². The third kappa shape index (κ3) is 9.12. The van der Waals surface area contributed by atoms with Crippen LogP contribution in [0.3, 0.4) is 0 Å². The maximum atomic E-state index is 13.4. The summed E-state index contributed by atoms with van der Waals surface area (Å²) < 4.78 is 16.7. The second-order valence-corrected chi connectivity index (χ2v) is 16.6. The molecule has 0 heterocycles. The molecular formula is C40H54N4O8. The van der Waals surface area contributed by atoms with Crippen molar-refractivity contribution in [1.82, 2.24) is 16.0 Å². The molecule has 0 aromatic heterocycles. The van der Waals surface area contributed by atoms with Crippen molar-refractivity contribution < 1.29 is 38.2 Å². The minimum absolute atomic E-state index is 0.0657. The SMILES string of the molecule is CC(C)(C)OC(=O)CCC(NC(=O)NC(CCCCNC(=O)C(N)Cc1ccc2ccccc2c1)C(=O)OC1=C[C@]23CC2[C@@]13C)C(=O)OC(C)(C)C. The Morgan fingerprint density at radius 3 is 2.12 bits per heavy atom. The maximum Gasteiger partial charge on any atom is 0.333 e. The van der Waals surface area contributed by atoms with Crippen molar-refractivity contribution in [3.63, 3.8) is 0 Å². The predicted molar refractivity (Wildman–Crippen MR) is 195 cm³/mol. The van der Waals surface area contributed by atoms with Crippen LogP contribution in [-0.4, -0.2) is 65.7 Å². The fourth-order valence-corrected chi connectivity index (χ4v) is 7.13. The Bertz CT molecular complexity index is 1740. The zero-order valence-corrected chi connectivity index (χ0v) is 31.4. The minimum atomic E-state index is -1.18. The molecule has 0 aliphatic heterocycles. The van der Waals surface area contributed by atoms with Gasteiger partial charge in [0.15, 0.2) is 0 Å². The molecule has 0 radical (unpaired) electrons. The Balaban J connectivity index is 1.14. The molecule has 0 saturated heterocycles. The number of benzene rings is 2. The summed E-state index contributed by atoms with van der Waals surface area (Å²) in [6, 6.07) is 10.3. The standard InChI is InChI=1S/C40H54N4O8/c1-37(2,3)51-32(45)18-17-29(35(48)52-38(4,5)6)44-36(49)43-28(34(47)50-31-23-40-22-30(40)39(31,40)7)14-10-11-19-42-33(46)27(41)21-24-15-16-25-12-8-9-13-26(25)20-24/h8-9,12-13,15-16,20,23,27-30H,10-11,14,17-19,21-22,41H2,1-7H3,(H,42,46)(H2,43,44,49)/t27?,28?,29?,30?,39-,40+/m0/s1. The zero-order valence-electron chi connectivity index (χ0n) is 31.4. The minimum Gasteiger partial charge on any atom is -0.460 e. The van der Waals surface area contributed by atoms with Crippen LogP contribution in [0, 0.1) is 16.7 Å². The fraction of sp³-hybridized carbons (Fsp3) is 0.575. The van der Waals surface area contributed by atoms with Gasteiger partial charge in [-0.25, -0.2) is 14.4 Å². The number of amides is 3. The molecule has 1 spiro atoms. The molecule has 3 aliphatic rings. The van der Waals surface area contributed by atoms with E-state index in [2.05, 4.69) is 22.9 Å². The lowest BCUT2D eigenvalue weighted by Gasteiger charge is -2.33. The van der Waals surface area contributed by atoms with Crippen molar-refractivity contribution in [3.05, 3.63) is 59.9 Å². The molecule has 2 fully saturated rings. The first-order valence-electron chi connectivity index (χ1n) is 18.3. The van der Waals surface area contributed by atoms with Gasteiger partial charge >= 0.3 is 23.9 Å². The molecule has 2 saturated carbocycles. The van der Waals surface area contributed by atoms with Crippen molar-refractivity contribution in [3.8, 4) is 0 Å². The van der Waals surface area contributed by atoms with Crippen molar-refractivity contribution in [2.75, 3.05) is 6.54 Å². The van der Waals surface area contributed by atoms with Gasteiger partial charge in [0.05, 0.1) is 6.04 Å². The highest BCUT2D eigenvalue weighted by atomic mass is 16.6. The van der Waals surface area contributed by atoms with Crippen LogP contribution in [-0.2, 0) is 39.8 Å². The molecular weight excluding hydrogens is 664 g/mol. The van der Waals surface area contributed by atoms with E-state index in [1.165, 1.54) is 0 Å². The summed E-state index contributed by atoms with van der Waals surface area (Å²) in [7, 11) is 0. The van der Waals surface area contributed by atoms with E-state index >= 15 is 0 Å². The van der Waals surface area contributed by atoms with E-state index in [4.69, 9.17) is 19.9 Å². The number of nitrogens with two attached hydrogens (primary N) is 1. The summed E-state index contributed by atoms with van der Waals surface area (Å²) in [5, 5.41) is 10.4. The van der Waals surface area contributed by atoms with Crippen molar-refractivity contribution >= 4 is 40.6 Å². The Hall–Kier alpha value is -4.45.